The molecule has 1 aromatic carbocycles. The number of Topliss-reactive ketones (excluding diaryl/α,β-unsaturated/α-hetero) is 1. The lowest BCUT2D eigenvalue weighted by molar-refractivity contribution is 0.0942. The molecule has 0 spiro atoms. The van der Waals surface area contributed by atoms with E-state index < -0.39 is 0 Å². The number of benzene rings is 1. The number of rotatable bonds is 4. The fourth-order valence-corrected chi connectivity index (χ4v) is 2.82. The molecule has 0 aromatic heterocycles. The van der Waals surface area contributed by atoms with E-state index in [1.54, 1.807) is 0 Å². The lowest BCUT2D eigenvalue weighted by Gasteiger charge is -2.28. The molecule has 0 radical (unpaired) electrons. The zero-order chi connectivity index (χ0) is 13.0. The first-order chi connectivity index (χ1) is 8.68. The Morgan fingerprint density at radius 2 is 2.22 bits per heavy atom. The van der Waals surface area contributed by atoms with Gasteiger partial charge in [0.25, 0.3) is 0 Å². The number of ketones is 1. The molecule has 1 fully saturated rings. The molecule has 2 rings (SSSR count). The molecule has 1 aliphatic rings. The molecule has 2 nitrogen and oxygen atoms in total. The Labute approximate surface area is 110 Å². The molecular weight excluding hydrogens is 222 g/mol. The number of carbonyl (C=O) groups excluding carboxylic acids is 1. The van der Waals surface area contributed by atoms with Crippen molar-refractivity contribution < 1.29 is 4.79 Å². The van der Waals surface area contributed by atoms with Crippen LogP contribution < -0.4 is 5.32 Å². The third-order valence-electron chi connectivity index (χ3n) is 4.09. The summed E-state index contributed by atoms with van der Waals surface area (Å²) in [6.45, 7) is 6.44. The number of nitrogens with one attached hydrogen (secondary N) is 1. The van der Waals surface area contributed by atoms with Crippen LogP contribution in [0.5, 0.6) is 0 Å². The average molecular weight is 245 g/mol. The zero-order valence-electron chi connectivity index (χ0n) is 11.4. The molecule has 1 saturated heterocycles. The first-order valence-electron chi connectivity index (χ1n) is 6.98. The number of hydrogen-bond donors (Lipinski definition) is 1. The van der Waals surface area contributed by atoms with Crippen LogP contribution in [0.25, 0.3) is 0 Å². The summed E-state index contributed by atoms with van der Waals surface area (Å²) in [6, 6.07) is 7.90. The molecular formula is C16H23NO. The highest BCUT2D eigenvalue weighted by atomic mass is 16.1. The minimum Gasteiger partial charge on any atom is -0.316 e. The third kappa shape index (κ3) is 3.20. The summed E-state index contributed by atoms with van der Waals surface area (Å²) in [5.74, 6) is 1.43. The second kappa shape index (κ2) is 6.14. The van der Waals surface area contributed by atoms with Crippen LogP contribution in [0.4, 0.5) is 0 Å². The fraction of sp³-hybridized carbons (Fsp3) is 0.562. The molecule has 1 aliphatic heterocycles. The average Bonchev–Trinajstić information content (AvgIpc) is 2.40. The minimum absolute atomic E-state index is 0.297. The van der Waals surface area contributed by atoms with Crippen LogP contribution >= 0.6 is 0 Å². The van der Waals surface area contributed by atoms with E-state index in [-0.39, 0.29) is 0 Å². The predicted molar refractivity (Wildman–Crippen MR) is 74.9 cm³/mol. The van der Waals surface area contributed by atoms with Crippen LogP contribution in [-0.4, -0.2) is 18.9 Å². The van der Waals surface area contributed by atoms with Gasteiger partial charge in [-0.15, -0.1) is 0 Å². The van der Waals surface area contributed by atoms with Gasteiger partial charge in [0, 0.05) is 12.0 Å². The Kier molecular flexibility index (Phi) is 4.54. The Balaban J connectivity index is 1.96. The normalized spacial score (nSPS) is 21.6. The highest BCUT2D eigenvalue weighted by molar-refractivity contribution is 5.97. The second-order valence-corrected chi connectivity index (χ2v) is 5.53. The Morgan fingerprint density at radius 1 is 1.44 bits per heavy atom. The standard InChI is InChI=1S/C16H23NO/c1-12-6-3-4-8-15(12)16(18)10-13(2)14-7-5-9-17-11-14/h3-4,6,8,13-14,17H,5,7,9-11H2,1-2H3. The molecule has 1 aromatic rings. The molecule has 2 atom stereocenters. The zero-order valence-corrected chi connectivity index (χ0v) is 11.4. The topological polar surface area (TPSA) is 29.1 Å². The van der Waals surface area contributed by atoms with Gasteiger partial charge >= 0.3 is 0 Å². The summed E-state index contributed by atoms with van der Waals surface area (Å²) >= 11 is 0. The molecule has 0 aliphatic carbocycles. The second-order valence-electron chi connectivity index (χ2n) is 5.53. The molecule has 98 valence electrons. The Bertz CT molecular complexity index is 407. The van der Waals surface area contributed by atoms with Crippen molar-refractivity contribution in [2.45, 2.75) is 33.1 Å². The first-order valence-corrected chi connectivity index (χ1v) is 6.98. The van der Waals surface area contributed by atoms with Gasteiger partial charge in [0.05, 0.1) is 0 Å². The van der Waals surface area contributed by atoms with E-state index in [0.29, 0.717) is 24.0 Å². The van der Waals surface area contributed by atoms with Crippen LogP contribution in [0.2, 0.25) is 0 Å². The van der Waals surface area contributed by atoms with Crippen molar-refractivity contribution in [2.75, 3.05) is 13.1 Å². The van der Waals surface area contributed by atoms with Crippen LogP contribution in [0.1, 0.15) is 42.1 Å². The van der Waals surface area contributed by atoms with Gasteiger partial charge in [-0.3, -0.25) is 4.79 Å². The van der Waals surface area contributed by atoms with Crippen molar-refractivity contribution in [2.24, 2.45) is 11.8 Å². The quantitative estimate of drug-likeness (QED) is 0.825. The summed E-state index contributed by atoms with van der Waals surface area (Å²) in [7, 11) is 0. The Hall–Kier alpha value is -1.15. The van der Waals surface area contributed by atoms with Gasteiger partial charge in [0.1, 0.15) is 0 Å². The van der Waals surface area contributed by atoms with Gasteiger partial charge in [-0.25, -0.2) is 0 Å². The smallest absolute Gasteiger partial charge is 0.163 e. The van der Waals surface area contributed by atoms with Crippen molar-refractivity contribution in [3.63, 3.8) is 0 Å². The van der Waals surface area contributed by atoms with Crippen LogP contribution in [0.3, 0.4) is 0 Å². The number of piperidine rings is 1. The van der Waals surface area contributed by atoms with E-state index in [2.05, 4.69) is 12.2 Å². The summed E-state index contributed by atoms with van der Waals surface area (Å²) in [5.41, 5.74) is 1.99. The summed E-state index contributed by atoms with van der Waals surface area (Å²) in [5, 5.41) is 3.43. The predicted octanol–water partition coefficient (Wildman–Crippen LogP) is 3.20. The van der Waals surface area contributed by atoms with Crippen LogP contribution in [-0.2, 0) is 0 Å². The van der Waals surface area contributed by atoms with E-state index in [0.717, 1.165) is 24.2 Å². The van der Waals surface area contributed by atoms with Gasteiger partial charge in [-0.05, 0) is 50.3 Å². The van der Waals surface area contributed by atoms with Crippen molar-refractivity contribution in [3.05, 3.63) is 35.4 Å². The molecule has 0 saturated carbocycles. The monoisotopic (exact) mass is 245 g/mol. The van der Waals surface area contributed by atoms with E-state index in [4.69, 9.17) is 0 Å². The van der Waals surface area contributed by atoms with Crippen molar-refractivity contribution in [3.8, 4) is 0 Å². The highest BCUT2D eigenvalue weighted by Gasteiger charge is 2.22. The van der Waals surface area contributed by atoms with Gasteiger partial charge < -0.3 is 5.32 Å². The fourth-order valence-electron chi connectivity index (χ4n) is 2.82. The highest BCUT2D eigenvalue weighted by Crippen LogP contribution is 2.24. The largest absolute Gasteiger partial charge is 0.316 e. The molecule has 2 heteroatoms. The van der Waals surface area contributed by atoms with Gasteiger partial charge in [-0.1, -0.05) is 31.2 Å². The third-order valence-corrected chi connectivity index (χ3v) is 4.09. The summed E-state index contributed by atoms with van der Waals surface area (Å²) < 4.78 is 0. The lowest BCUT2D eigenvalue weighted by atomic mass is 9.83. The maximum Gasteiger partial charge on any atom is 0.163 e. The first kappa shape index (κ1) is 13.3. The molecule has 1 heterocycles. The summed E-state index contributed by atoms with van der Waals surface area (Å²) in [4.78, 5) is 12.3. The maximum atomic E-state index is 12.3. The van der Waals surface area contributed by atoms with E-state index in [1.807, 2.05) is 31.2 Å². The maximum absolute atomic E-state index is 12.3. The van der Waals surface area contributed by atoms with Crippen molar-refractivity contribution in [1.82, 2.24) is 5.32 Å². The van der Waals surface area contributed by atoms with E-state index in [9.17, 15) is 4.79 Å². The number of carbonyl (C=O) groups is 1. The van der Waals surface area contributed by atoms with E-state index >= 15 is 0 Å². The molecule has 0 bridgehead atoms. The van der Waals surface area contributed by atoms with Gasteiger partial charge in [0.2, 0.25) is 0 Å². The van der Waals surface area contributed by atoms with Crippen molar-refractivity contribution in [1.29, 1.82) is 0 Å². The lowest BCUT2D eigenvalue weighted by Crippen LogP contribution is -2.34. The minimum atomic E-state index is 0.297. The summed E-state index contributed by atoms with van der Waals surface area (Å²) in [6.07, 6.45) is 3.18. The number of aryl methyl sites for hydroxylation is 1. The SMILES string of the molecule is Cc1ccccc1C(=O)CC(C)C1CCCNC1. The van der Waals surface area contributed by atoms with Crippen molar-refractivity contribution >= 4 is 5.78 Å². The Morgan fingerprint density at radius 3 is 2.89 bits per heavy atom. The van der Waals surface area contributed by atoms with Crippen LogP contribution in [0.15, 0.2) is 24.3 Å². The molecule has 18 heavy (non-hydrogen) atoms. The van der Waals surface area contributed by atoms with Gasteiger partial charge in [0.15, 0.2) is 5.78 Å². The number of hydrogen-bond acceptors (Lipinski definition) is 2. The molecule has 1 N–H and O–H groups in total. The van der Waals surface area contributed by atoms with Gasteiger partial charge in [-0.2, -0.15) is 0 Å². The van der Waals surface area contributed by atoms with E-state index in [1.165, 1.54) is 12.8 Å². The molecule has 0 amide bonds. The molecule has 2 unspecified atom stereocenters. The van der Waals surface area contributed by atoms with Crippen LogP contribution in [0, 0.1) is 18.8 Å².